The smallest absolute Gasteiger partial charge is 0.156 e. The molecule has 8 nitrogen and oxygen atoms in total. The number of hydrogen-bond donors (Lipinski definition) is 1. The summed E-state index contributed by atoms with van der Waals surface area (Å²) in [6.07, 6.45) is 5.10. The van der Waals surface area contributed by atoms with Crippen LogP contribution in [0.15, 0.2) is 67.3 Å². The minimum Gasteiger partial charge on any atom is -0.361 e. The van der Waals surface area contributed by atoms with Gasteiger partial charge in [-0.2, -0.15) is 0 Å². The molecule has 5 aromatic rings. The van der Waals surface area contributed by atoms with E-state index in [1.165, 1.54) is 6.07 Å². The highest BCUT2D eigenvalue weighted by Gasteiger charge is 2.25. The lowest BCUT2D eigenvalue weighted by molar-refractivity contribution is 0.620. The van der Waals surface area contributed by atoms with Gasteiger partial charge in [0.05, 0.1) is 17.1 Å². The Morgan fingerprint density at radius 1 is 0.865 bits per heavy atom. The van der Waals surface area contributed by atoms with Gasteiger partial charge in [-0.05, 0) is 56.3 Å². The molecule has 1 saturated heterocycles. The van der Waals surface area contributed by atoms with Crippen LogP contribution in [0.1, 0.15) is 24.1 Å². The van der Waals surface area contributed by atoms with Crippen molar-refractivity contribution in [3.05, 3.63) is 84.2 Å². The lowest BCUT2D eigenvalue weighted by Crippen LogP contribution is -2.47. The number of hydrogen-bond acceptors (Lipinski definition) is 8. The van der Waals surface area contributed by atoms with Crippen LogP contribution in [-0.2, 0) is 0 Å². The SMILES string of the molecule is Cc1c(F)ccc2cc([C@H](C)Nc3ncnc4cccnc34)c(N3CCN(c4ccccn4)CC3)nc12. The van der Waals surface area contributed by atoms with Gasteiger partial charge in [0.25, 0.3) is 0 Å². The molecule has 1 fully saturated rings. The van der Waals surface area contributed by atoms with Crippen molar-refractivity contribution in [2.75, 3.05) is 41.3 Å². The standard InChI is InChI=1S/C28H27FN8/c1-18-22(29)9-8-20-16-21(19(2)34-27-26-23(32-17-33-27)6-5-11-31-26)28(35-25(18)20)37-14-12-36(13-15-37)24-7-3-4-10-30-24/h3-11,16-17,19H,12-15H2,1-2H3,(H,32,33,34)/t19-/m0/s1. The van der Waals surface area contributed by atoms with Gasteiger partial charge < -0.3 is 15.1 Å². The van der Waals surface area contributed by atoms with E-state index < -0.39 is 0 Å². The molecule has 9 heteroatoms. The number of aryl methyl sites for hydroxylation is 1. The molecule has 1 atom stereocenters. The van der Waals surface area contributed by atoms with Crippen LogP contribution in [-0.4, -0.2) is 51.1 Å². The zero-order valence-corrected chi connectivity index (χ0v) is 20.8. The molecular weight excluding hydrogens is 467 g/mol. The molecule has 1 aromatic carbocycles. The van der Waals surface area contributed by atoms with Gasteiger partial charge >= 0.3 is 0 Å². The Labute approximate surface area is 214 Å². The van der Waals surface area contributed by atoms with Crippen molar-refractivity contribution in [2.45, 2.75) is 19.9 Å². The maximum atomic E-state index is 14.5. The first-order chi connectivity index (χ1) is 18.1. The predicted molar refractivity (Wildman–Crippen MR) is 144 cm³/mol. The fraction of sp³-hybridized carbons (Fsp3) is 0.250. The van der Waals surface area contributed by atoms with Crippen LogP contribution in [0, 0.1) is 12.7 Å². The van der Waals surface area contributed by atoms with Gasteiger partial charge in [-0.25, -0.2) is 24.3 Å². The molecule has 37 heavy (non-hydrogen) atoms. The Bertz CT molecular complexity index is 1560. The summed E-state index contributed by atoms with van der Waals surface area (Å²) >= 11 is 0. The third-order valence-corrected chi connectivity index (χ3v) is 6.95. The Kier molecular flexibility index (Phi) is 5.96. The first-order valence-corrected chi connectivity index (χ1v) is 12.4. The van der Waals surface area contributed by atoms with Gasteiger partial charge in [0.15, 0.2) is 5.82 Å². The summed E-state index contributed by atoms with van der Waals surface area (Å²) in [6, 6.07) is 15.0. The van der Waals surface area contributed by atoms with Crippen molar-refractivity contribution in [3.63, 3.8) is 0 Å². The molecule has 0 bridgehead atoms. The fourth-order valence-corrected chi connectivity index (χ4v) is 4.91. The van der Waals surface area contributed by atoms with Gasteiger partial charge in [0, 0.05) is 55.1 Å². The molecule has 0 saturated carbocycles. The van der Waals surface area contributed by atoms with Crippen LogP contribution >= 0.6 is 0 Å². The van der Waals surface area contributed by atoms with Gasteiger partial charge in [-0.3, -0.25) is 4.98 Å². The molecule has 1 aliphatic heterocycles. The van der Waals surface area contributed by atoms with Crippen molar-refractivity contribution in [3.8, 4) is 0 Å². The number of nitrogens with zero attached hydrogens (tertiary/aromatic N) is 7. The minimum atomic E-state index is -0.247. The molecule has 0 aliphatic carbocycles. The average molecular weight is 495 g/mol. The Morgan fingerprint density at radius 2 is 1.68 bits per heavy atom. The monoisotopic (exact) mass is 494 g/mol. The van der Waals surface area contributed by atoms with Crippen molar-refractivity contribution in [1.29, 1.82) is 0 Å². The van der Waals surface area contributed by atoms with Crippen molar-refractivity contribution in [2.24, 2.45) is 0 Å². The number of piperazine rings is 1. The average Bonchev–Trinajstić information content (AvgIpc) is 2.95. The molecule has 0 unspecified atom stereocenters. The highest BCUT2D eigenvalue weighted by Crippen LogP contribution is 2.33. The zero-order valence-electron chi connectivity index (χ0n) is 20.8. The largest absolute Gasteiger partial charge is 0.361 e. The summed E-state index contributed by atoms with van der Waals surface area (Å²) < 4.78 is 14.5. The van der Waals surface area contributed by atoms with Crippen LogP contribution in [0.4, 0.5) is 21.8 Å². The number of benzene rings is 1. The second kappa shape index (κ2) is 9.57. The number of rotatable bonds is 5. The summed E-state index contributed by atoms with van der Waals surface area (Å²) in [5, 5.41) is 4.44. The molecule has 186 valence electrons. The molecule has 6 rings (SSSR count). The third kappa shape index (κ3) is 4.37. The van der Waals surface area contributed by atoms with Gasteiger partial charge in [0.1, 0.15) is 29.3 Å². The summed E-state index contributed by atoms with van der Waals surface area (Å²) in [6.45, 7) is 7.07. The molecule has 0 amide bonds. The van der Waals surface area contributed by atoms with Crippen LogP contribution in [0.3, 0.4) is 0 Å². The second-order valence-electron chi connectivity index (χ2n) is 9.27. The Balaban J connectivity index is 1.37. The number of nitrogens with one attached hydrogen (secondary N) is 1. The van der Waals surface area contributed by atoms with E-state index in [9.17, 15) is 4.39 Å². The number of halogens is 1. The maximum Gasteiger partial charge on any atom is 0.156 e. The van der Waals surface area contributed by atoms with E-state index in [0.29, 0.717) is 22.4 Å². The molecule has 1 N–H and O–H groups in total. The lowest BCUT2D eigenvalue weighted by atomic mass is 10.0. The lowest BCUT2D eigenvalue weighted by Gasteiger charge is -2.37. The van der Waals surface area contributed by atoms with E-state index in [1.807, 2.05) is 36.5 Å². The Morgan fingerprint density at radius 3 is 2.49 bits per heavy atom. The number of pyridine rings is 3. The fourth-order valence-electron chi connectivity index (χ4n) is 4.91. The van der Waals surface area contributed by atoms with Crippen molar-refractivity contribution >= 4 is 39.4 Å². The molecule has 1 aliphatic rings. The third-order valence-electron chi connectivity index (χ3n) is 6.95. The predicted octanol–water partition coefficient (Wildman–Crippen LogP) is 4.92. The number of aromatic nitrogens is 5. The van der Waals surface area contributed by atoms with E-state index >= 15 is 0 Å². The normalized spacial score (nSPS) is 14.8. The van der Waals surface area contributed by atoms with Crippen LogP contribution in [0.2, 0.25) is 0 Å². The molecule has 0 spiro atoms. The van der Waals surface area contributed by atoms with Gasteiger partial charge in [-0.15, -0.1) is 0 Å². The Hall–Kier alpha value is -4.40. The summed E-state index contributed by atoms with van der Waals surface area (Å²) in [4.78, 5) is 27.4. The summed E-state index contributed by atoms with van der Waals surface area (Å²) in [5.41, 5.74) is 3.76. The van der Waals surface area contributed by atoms with Crippen molar-refractivity contribution in [1.82, 2.24) is 24.9 Å². The zero-order chi connectivity index (χ0) is 25.4. The van der Waals surface area contributed by atoms with Crippen LogP contribution < -0.4 is 15.1 Å². The van der Waals surface area contributed by atoms with Crippen LogP contribution in [0.25, 0.3) is 21.9 Å². The quantitative estimate of drug-likeness (QED) is 0.369. The van der Waals surface area contributed by atoms with E-state index in [1.54, 1.807) is 25.5 Å². The number of anilines is 3. The minimum absolute atomic E-state index is 0.133. The molecule has 5 heterocycles. The summed E-state index contributed by atoms with van der Waals surface area (Å²) in [5.74, 6) is 2.25. The first-order valence-electron chi connectivity index (χ1n) is 12.4. The van der Waals surface area contributed by atoms with E-state index in [4.69, 9.17) is 4.98 Å². The maximum absolute atomic E-state index is 14.5. The highest BCUT2D eigenvalue weighted by atomic mass is 19.1. The van der Waals surface area contributed by atoms with E-state index in [-0.39, 0.29) is 11.9 Å². The molecule has 0 radical (unpaired) electrons. The molecule has 4 aromatic heterocycles. The summed E-state index contributed by atoms with van der Waals surface area (Å²) in [7, 11) is 0. The number of fused-ring (bicyclic) bond motifs is 2. The van der Waals surface area contributed by atoms with Crippen molar-refractivity contribution < 1.29 is 4.39 Å². The van der Waals surface area contributed by atoms with Gasteiger partial charge in [0.2, 0.25) is 0 Å². The van der Waals surface area contributed by atoms with E-state index in [2.05, 4.69) is 48.0 Å². The highest BCUT2D eigenvalue weighted by molar-refractivity contribution is 5.87. The van der Waals surface area contributed by atoms with Gasteiger partial charge in [-0.1, -0.05) is 6.07 Å². The second-order valence-corrected chi connectivity index (χ2v) is 9.27. The molecular formula is C28H27FN8. The topological polar surface area (TPSA) is 83.0 Å². The van der Waals surface area contributed by atoms with Crippen LogP contribution in [0.5, 0.6) is 0 Å². The van der Waals surface area contributed by atoms with E-state index in [0.717, 1.165) is 54.3 Å². The first kappa shape index (κ1) is 23.0.